The largest absolute Gasteiger partial charge is 0.348 e. The van der Waals surface area contributed by atoms with E-state index < -0.39 is 0 Å². The number of carbonyl (C=O) groups excluding carboxylic acids is 1. The first-order valence-electron chi connectivity index (χ1n) is 6.89. The molecule has 0 saturated carbocycles. The van der Waals surface area contributed by atoms with Gasteiger partial charge in [0.05, 0.1) is 17.9 Å². The SMILES string of the molecule is CCN(CC(=O)c1cccn1C)Cc1cccc(C)n1. The molecule has 0 bridgehead atoms. The summed E-state index contributed by atoms with van der Waals surface area (Å²) in [7, 11) is 1.89. The summed E-state index contributed by atoms with van der Waals surface area (Å²) < 4.78 is 1.86. The van der Waals surface area contributed by atoms with Crippen LogP contribution in [0, 0.1) is 6.92 Å². The van der Waals surface area contributed by atoms with Crippen molar-refractivity contribution in [2.24, 2.45) is 7.05 Å². The monoisotopic (exact) mass is 271 g/mol. The molecule has 0 aliphatic rings. The summed E-state index contributed by atoms with van der Waals surface area (Å²) in [5.41, 5.74) is 2.76. The molecule has 0 N–H and O–H groups in total. The van der Waals surface area contributed by atoms with Crippen molar-refractivity contribution in [2.45, 2.75) is 20.4 Å². The summed E-state index contributed by atoms with van der Waals surface area (Å²) in [5.74, 6) is 0.145. The molecule has 2 aromatic heterocycles. The first kappa shape index (κ1) is 14.5. The quantitative estimate of drug-likeness (QED) is 0.757. The second-order valence-electron chi connectivity index (χ2n) is 5.00. The van der Waals surface area contributed by atoms with Gasteiger partial charge in [-0.25, -0.2) is 0 Å². The van der Waals surface area contributed by atoms with Crippen LogP contribution in [0.15, 0.2) is 36.5 Å². The number of ketones is 1. The third-order valence-electron chi connectivity index (χ3n) is 3.38. The van der Waals surface area contributed by atoms with Crippen LogP contribution in [0.4, 0.5) is 0 Å². The summed E-state index contributed by atoms with van der Waals surface area (Å²) in [6, 6.07) is 9.74. The smallest absolute Gasteiger partial charge is 0.193 e. The van der Waals surface area contributed by atoms with Crippen LogP contribution in [-0.2, 0) is 13.6 Å². The van der Waals surface area contributed by atoms with Gasteiger partial charge < -0.3 is 4.57 Å². The third-order valence-corrected chi connectivity index (χ3v) is 3.38. The Hall–Kier alpha value is -1.94. The summed E-state index contributed by atoms with van der Waals surface area (Å²) in [5, 5.41) is 0. The number of hydrogen-bond donors (Lipinski definition) is 0. The molecule has 0 fully saturated rings. The van der Waals surface area contributed by atoms with Crippen molar-refractivity contribution in [3.05, 3.63) is 53.6 Å². The predicted octanol–water partition coefficient (Wildman–Crippen LogP) is 2.43. The Morgan fingerprint density at radius 1 is 1.30 bits per heavy atom. The summed E-state index contributed by atoms with van der Waals surface area (Å²) in [6.45, 7) is 5.99. The number of aryl methyl sites for hydroxylation is 2. The van der Waals surface area contributed by atoms with Crippen LogP contribution in [-0.4, -0.2) is 33.3 Å². The molecule has 0 unspecified atom stereocenters. The number of carbonyl (C=O) groups is 1. The predicted molar refractivity (Wildman–Crippen MR) is 79.7 cm³/mol. The van der Waals surface area contributed by atoms with Crippen molar-refractivity contribution in [1.82, 2.24) is 14.5 Å². The Bertz CT molecular complexity index is 589. The number of pyridine rings is 1. The zero-order chi connectivity index (χ0) is 14.5. The van der Waals surface area contributed by atoms with E-state index in [4.69, 9.17) is 0 Å². The highest BCUT2D eigenvalue weighted by Gasteiger charge is 2.14. The Balaban J connectivity index is 2.02. The molecule has 2 aromatic rings. The molecule has 0 saturated heterocycles. The second-order valence-corrected chi connectivity index (χ2v) is 5.00. The van der Waals surface area contributed by atoms with Gasteiger partial charge in [0.15, 0.2) is 5.78 Å². The van der Waals surface area contributed by atoms with Crippen molar-refractivity contribution in [3.63, 3.8) is 0 Å². The molecule has 0 aliphatic carbocycles. The van der Waals surface area contributed by atoms with Gasteiger partial charge in [-0.1, -0.05) is 13.0 Å². The van der Waals surface area contributed by atoms with Gasteiger partial charge >= 0.3 is 0 Å². The zero-order valence-corrected chi connectivity index (χ0v) is 12.3. The average molecular weight is 271 g/mol. The Labute approximate surface area is 120 Å². The maximum absolute atomic E-state index is 12.3. The number of likely N-dealkylation sites (N-methyl/N-ethyl adjacent to an activating group) is 1. The third kappa shape index (κ3) is 3.54. The van der Waals surface area contributed by atoms with Crippen LogP contribution in [0.5, 0.6) is 0 Å². The van der Waals surface area contributed by atoms with E-state index >= 15 is 0 Å². The van der Waals surface area contributed by atoms with Gasteiger partial charge in [0, 0.05) is 25.5 Å². The Morgan fingerprint density at radius 2 is 2.10 bits per heavy atom. The molecule has 0 aromatic carbocycles. The lowest BCUT2D eigenvalue weighted by Crippen LogP contribution is -2.30. The molecule has 4 nitrogen and oxygen atoms in total. The minimum Gasteiger partial charge on any atom is -0.348 e. The number of hydrogen-bond acceptors (Lipinski definition) is 3. The van der Waals surface area contributed by atoms with Gasteiger partial charge in [-0.05, 0) is 37.7 Å². The maximum Gasteiger partial charge on any atom is 0.193 e. The van der Waals surface area contributed by atoms with Crippen molar-refractivity contribution in [2.75, 3.05) is 13.1 Å². The van der Waals surface area contributed by atoms with Gasteiger partial charge in [-0.2, -0.15) is 0 Å². The molecule has 2 rings (SSSR count). The van der Waals surface area contributed by atoms with Gasteiger partial charge in [-0.15, -0.1) is 0 Å². The first-order valence-corrected chi connectivity index (χ1v) is 6.89. The van der Waals surface area contributed by atoms with Crippen LogP contribution in [0.2, 0.25) is 0 Å². The molecular formula is C16H21N3O. The highest BCUT2D eigenvalue weighted by atomic mass is 16.1. The van der Waals surface area contributed by atoms with Crippen molar-refractivity contribution in [3.8, 4) is 0 Å². The topological polar surface area (TPSA) is 38.1 Å². The van der Waals surface area contributed by atoms with Crippen molar-refractivity contribution >= 4 is 5.78 Å². The molecule has 0 spiro atoms. The average Bonchev–Trinajstić information content (AvgIpc) is 2.84. The maximum atomic E-state index is 12.3. The highest BCUT2D eigenvalue weighted by molar-refractivity contribution is 5.96. The number of nitrogens with zero attached hydrogens (tertiary/aromatic N) is 3. The molecule has 0 radical (unpaired) electrons. The molecule has 20 heavy (non-hydrogen) atoms. The van der Waals surface area contributed by atoms with Crippen LogP contribution in [0.3, 0.4) is 0 Å². The van der Waals surface area contributed by atoms with Crippen molar-refractivity contribution in [1.29, 1.82) is 0 Å². The van der Waals surface area contributed by atoms with Crippen LogP contribution in [0.25, 0.3) is 0 Å². The summed E-state index contributed by atoms with van der Waals surface area (Å²) in [6.07, 6.45) is 1.89. The molecule has 0 atom stereocenters. The lowest BCUT2D eigenvalue weighted by atomic mass is 10.2. The van der Waals surface area contributed by atoms with Crippen LogP contribution >= 0.6 is 0 Å². The summed E-state index contributed by atoms with van der Waals surface area (Å²) in [4.78, 5) is 18.9. The fourth-order valence-electron chi connectivity index (χ4n) is 2.23. The number of aromatic nitrogens is 2. The fourth-order valence-corrected chi connectivity index (χ4v) is 2.23. The molecule has 106 valence electrons. The van der Waals surface area contributed by atoms with E-state index in [9.17, 15) is 4.79 Å². The standard InChI is InChI=1S/C16H21N3O/c1-4-19(11-14-8-5-7-13(2)17-14)12-16(20)15-9-6-10-18(15)3/h5-10H,4,11-12H2,1-3H3. The first-order chi connectivity index (χ1) is 9.60. The Morgan fingerprint density at radius 3 is 2.70 bits per heavy atom. The molecule has 4 heteroatoms. The Kier molecular flexibility index (Phi) is 4.69. The number of Topliss-reactive ketones (excluding diaryl/α,β-unsaturated/α-hetero) is 1. The van der Waals surface area contributed by atoms with E-state index in [1.807, 2.05) is 55.1 Å². The number of rotatable bonds is 6. The van der Waals surface area contributed by atoms with E-state index in [0.717, 1.165) is 23.6 Å². The van der Waals surface area contributed by atoms with Crippen molar-refractivity contribution < 1.29 is 4.79 Å². The lowest BCUT2D eigenvalue weighted by Gasteiger charge is -2.19. The molecule has 2 heterocycles. The van der Waals surface area contributed by atoms with Gasteiger partial charge in [0.1, 0.15) is 0 Å². The van der Waals surface area contributed by atoms with Gasteiger partial charge in [-0.3, -0.25) is 14.7 Å². The minimum absolute atomic E-state index is 0.145. The normalized spacial score (nSPS) is 11.0. The zero-order valence-electron chi connectivity index (χ0n) is 12.3. The van der Waals surface area contributed by atoms with Crippen LogP contribution < -0.4 is 0 Å². The second kappa shape index (κ2) is 6.48. The highest BCUT2D eigenvalue weighted by Crippen LogP contribution is 2.07. The van der Waals surface area contributed by atoms with Crippen LogP contribution in [0.1, 0.15) is 28.8 Å². The van der Waals surface area contributed by atoms with Gasteiger partial charge in [0.2, 0.25) is 0 Å². The van der Waals surface area contributed by atoms with Gasteiger partial charge in [0.25, 0.3) is 0 Å². The molecular weight excluding hydrogens is 250 g/mol. The summed E-state index contributed by atoms with van der Waals surface area (Å²) >= 11 is 0. The van der Waals surface area contributed by atoms with E-state index in [0.29, 0.717) is 13.1 Å². The molecule has 0 amide bonds. The lowest BCUT2D eigenvalue weighted by molar-refractivity contribution is 0.0920. The van der Waals surface area contributed by atoms with E-state index in [2.05, 4.69) is 16.8 Å². The fraction of sp³-hybridized carbons (Fsp3) is 0.375. The van der Waals surface area contributed by atoms with E-state index in [1.54, 1.807) is 0 Å². The van der Waals surface area contributed by atoms with E-state index in [-0.39, 0.29) is 5.78 Å². The minimum atomic E-state index is 0.145. The van der Waals surface area contributed by atoms with E-state index in [1.165, 1.54) is 0 Å². The molecule has 0 aliphatic heterocycles.